The summed E-state index contributed by atoms with van der Waals surface area (Å²) in [5.41, 5.74) is 0. The van der Waals surface area contributed by atoms with Crippen LogP contribution < -0.4 is 10.1 Å². The number of hydrogen-bond acceptors (Lipinski definition) is 2. The first kappa shape index (κ1) is 15.6. The number of hydrogen-bond donors (Lipinski definition) is 1. The van der Waals surface area contributed by atoms with E-state index in [1.165, 1.54) is 6.42 Å². The van der Waals surface area contributed by atoms with Gasteiger partial charge in [-0.1, -0.05) is 36.2 Å². The smallest absolute Gasteiger partial charge is 0.139 e. The van der Waals surface area contributed by atoms with E-state index in [0.29, 0.717) is 15.8 Å². The lowest BCUT2D eigenvalue weighted by atomic mass is 10.2. The molecule has 0 fully saturated rings. The number of rotatable bonds is 8. The standard InChI is InChI=1S/C14H21Cl2NO/c1-3-9-17-10-5-6-11(2)18-13-8-4-7-12(15)14(13)16/h4,7-8,11,17H,3,5-6,9-10H2,1-2H3. The molecule has 0 aliphatic heterocycles. The Morgan fingerprint density at radius 2 is 2.06 bits per heavy atom. The van der Waals surface area contributed by atoms with E-state index in [4.69, 9.17) is 27.9 Å². The fourth-order valence-corrected chi connectivity index (χ4v) is 2.00. The largest absolute Gasteiger partial charge is 0.489 e. The summed E-state index contributed by atoms with van der Waals surface area (Å²) in [6.07, 6.45) is 3.41. The van der Waals surface area contributed by atoms with E-state index in [1.54, 1.807) is 6.07 Å². The minimum absolute atomic E-state index is 0.143. The van der Waals surface area contributed by atoms with Gasteiger partial charge in [0.2, 0.25) is 0 Å². The van der Waals surface area contributed by atoms with E-state index < -0.39 is 0 Å². The van der Waals surface area contributed by atoms with Gasteiger partial charge in [0.15, 0.2) is 0 Å². The molecule has 0 heterocycles. The maximum Gasteiger partial charge on any atom is 0.139 e. The Bertz CT molecular complexity index is 358. The van der Waals surface area contributed by atoms with E-state index in [2.05, 4.69) is 19.2 Å². The molecule has 0 radical (unpaired) electrons. The minimum atomic E-state index is 0.143. The first-order valence-corrected chi connectivity index (χ1v) is 7.22. The Morgan fingerprint density at radius 1 is 1.28 bits per heavy atom. The summed E-state index contributed by atoms with van der Waals surface area (Å²) >= 11 is 12.0. The molecule has 0 saturated heterocycles. The molecule has 0 amide bonds. The maximum absolute atomic E-state index is 6.07. The van der Waals surface area contributed by atoms with Crippen molar-refractivity contribution in [3.8, 4) is 5.75 Å². The molecule has 0 aromatic heterocycles. The third-order valence-electron chi connectivity index (χ3n) is 2.64. The zero-order chi connectivity index (χ0) is 13.4. The second kappa shape index (κ2) is 8.63. The highest BCUT2D eigenvalue weighted by atomic mass is 35.5. The van der Waals surface area contributed by atoms with Gasteiger partial charge in [0.25, 0.3) is 0 Å². The summed E-state index contributed by atoms with van der Waals surface area (Å²) in [6.45, 7) is 6.33. The predicted octanol–water partition coefficient (Wildman–Crippen LogP) is 4.54. The SMILES string of the molecule is CCCNCCCC(C)Oc1cccc(Cl)c1Cl. The predicted molar refractivity (Wildman–Crippen MR) is 78.9 cm³/mol. The molecule has 0 spiro atoms. The molecule has 1 rings (SSSR count). The molecule has 0 aliphatic rings. The molecule has 1 N–H and O–H groups in total. The van der Waals surface area contributed by atoms with Crippen molar-refractivity contribution in [1.29, 1.82) is 0 Å². The Kier molecular flexibility index (Phi) is 7.48. The van der Waals surface area contributed by atoms with Crippen LogP contribution in [0.15, 0.2) is 18.2 Å². The van der Waals surface area contributed by atoms with E-state index >= 15 is 0 Å². The van der Waals surface area contributed by atoms with E-state index in [0.717, 1.165) is 25.9 Å². The lowest BCUT2D eigenvalue weighted by Crippen LogP contribution is -2.19. The molecule has 18 heavy (non-hydrogen) atoms. The zero-order valence-corrected chi connectivity index (χ0v) is 12.5. The maximum atomic E-state index is 6.07. The van der Waals surface area contributed by atoms with Crippen LogP contribution in [0.25, 0.3) is 0 Å². The Morgan fingerprint density at radius 3 is 2.78 bits per heavy atom. The lowest BCUT2D eigenvalue weighted by molar-refractivity contribution is 0.207. The molecule has 0 saturated carbocycles. The number of benzene rings is 1. The van der Waals surface area contributed by atoms with Crippen LogP contribution in [0.2, 0.25) is 10.0 Å². The summed E-state index contributed by atoms with van der Waals surface area (Å²) < 4.78 is 5.79. The third kappa shape index (κ3) is 5.47. The Labute approximate surface area is 120 Å². The van der Waals surface area contributed by atoms with Crippen LogP contribution in [0.5, 0.6) is 5.75 Å². The second-order valence-electron chi connectivity index (χ2n) is 4.37. The summed E-state index contributed by atoms with van der Waals surface area (Å²) in [4.78, 5) is 0. The molecular formula is C14H21Cl2NO. The van der Waals surface area contributed by atoms with E-state index in [1.807, 2.05) is 12.1 Å². The van der Waals surface area contributed by atoms with Crippen molar-refractivity contribution < 1.29 is 4.74 Å². The highest BCUT2D eigenvalue weighted by molar-refractivity contribution is 6.42. The summed E-state index contributed by atoms with van der Waals surface area (Å²) in [7, 11) is 0. The fraction of sp³-hybridized carbons (Fsp3) is 0.571. The fourth-order valence-electron chi connectivity index (χ4n) is 1.67. The molecule has 0 aliphatic carbocycles. The number of nitrogens with one attached hydrogen (secondary N) is 1. The van der Waals surface area contributed by atoms with Gasteiger partial charge in [-0.15, -0.1) is 0 Å². The number of halogens is 2. The average Bonchev–Trinajstić information content (AvgIpc) is 2.35. The van der Waals surface area contributed by atoms with Crippen molar-refractivity contribution in [2.24, 2.45) is 0 Å². The van der Waals surface area contributed by atoms with Gasteiger partial charge in [-0.05, 0) is 51.4 Å². The molecule has 1 aromatic rings. The van der Waals surface area contributed by atoms with Crippen LogP contribution in [0, 0.1) is 0 Å². The summed E-state index contributed by atoms with van der Waals surface area (Å²) in [5, 5.41) is 4.40. The quantitative estimate of drug-likeness (QED) is 0.710. The van der Waals surface area contributed by atoms with E-state index in [-0.39, 0.29) is 6.10 Å². The average molecular weight is 290 g/mol. The van der Waals surface area contributed by atoms with Gasteiger partial charge >= 0.3 is 0 Å². The highest BCUT2D eigenvalue weighted by Crippen LogP contribution is 2.32. The third-order valence-corrected chi connectivity index (χ3v) is 3.44. The van der Waals surface area contributed by atoms with Gasteiger partial charge < -0.3 is 10.1 Å². The molecule has 102 valence electrons. The second-order valence-corrected chi connectivity index (χ2v) is 5.16. The monoisotopic (exact) mass is 289 g/mol. The highest BCUT2D eigenvalue weighted by Gasteiger charge is 2.09. The number of ether oxygens (including phenoxy) is 1. The molecule has 4 heteroatoms. The van der Waals surface area contributed by atoms with Crippen LogP contribution >= 0.6 is 23.2 Å². The lowest BCUT2D eigenvalue weighted by Gasteiger charge is -2.16. The summed E-state index contributed by atoms with van der Waals surface area (Å²) in [5.74, 6) is 0.665. The zero-order valence-electron chi connectivity index (χ0n) is 11.0. The molecule has 1 atom stereocenters. The van der Waals surface area contributed by atoms with Crippen molar-refractivity contribution in [3.63, 3.8) is 0 Å². The van der Waals surface area contributed by atoms with Gasteiger partial charge in [0.05, 0.1) is 11.1 Å². The van der Waals surface area contributed by atoms with Gasteiger partial charge in [0, 0.05) is 0 Å². The topological polar surface area (TPSA) is 21.3 Å². The van der Waals surface area contributed by atoms with E-state index in [9.17, 15) is 0 Å². The molecule has 1 aromatic carbocycles. The normalized spacial score (nSPS) is 12.4. The summed E-state index contributed by atoms with van der Waals surface area (Å²) in [6, 6.07) is 5.45. The van der Waals surface area contributed by atoms with Crippen molar-refractivity contribution in [2.45, 2.75) is 39.2 Å². The van der Waals surface area contributed by atoms with Crippen LogP contribution in [0.4, 0.5) is 0 Å². The van der Waals surface area contributed by atoms with Gasteiger partial charge in [-0.2, -0.15) is 0 Å². The van der Waals surface area contributed by atoms with Crippen LogP contribution in [-0.2, 0) is 0 Å². The molecular weight excluding hydrogens is 269 g/mol. The van der Waals surface area contributed by atoms with Crippen LogP contribution in [0.3, 0.4) is 0 Å². The Balaban J connectivity index is 2.31. The van der Waals surface area contributed by atoms with Crippen molar-refractivity contribution in [3.05, 3.63) is 28.2 Å². The van der Waals surface area contributed by atoms with Gasteiger partial charge in [-0.25, -0.2) is 0 Å². The van der Waals surface area contributed by atoms with Crippen LogP contribution in [0.1, 0.15) is 33.1 Å². The Hall–Kier alpha value is -0.440. The van der Waals surface area contributed by atoms with Crippen molar-refractivity contribution in [1.82, 2.24) is 5.32 Å². The first-order chi connectivity index (χ1) is 8.65. The van der Waals surface area contributed by atoms with Crippen molar-refractivity contribution >= 4 is 23.2 Å². The molecule has 0 bridgehead atoms. The molecule has 1 unspecified atom stereocenters. The molecule has 2 nitrogen and oxygen atoms in total. The van der Waals surface area contributed by atoms with Gasteiger partial charge in [-0.3, -0.25) is 0 Å². The first-order valence-electron chi connectivity index (χ1n) is 6.46. The van der Waals surface area contributed by atoms with Crippen molar-refractivity contribution in [2.75, 3.05) is 13.1 Å². The van der Waals surface area contributed by atoms with Crippen LogP contribution in [-0.4, -0.2) is 19.2 Å². The van der Waals surface area contributed by atoms with Gasteiger partial charge in [0.1, 0.15) is 10.8 Å². The minimum Gasteiger partial charge on any atom is -0.489 e.